The quantitative estimate of drug-likeness (QED) is 0.796. The average molecular weight is 267 g/mol. The fraction of sp³-hybridized carbons (Fsp3) is 0.294. The first-order valence-electron chi connectivity index (χ1n) is 7.01. The van der Waals surface area contributed by atoms with Crippen molar-refractivity contribution < 1.29 is 9.53 Å². The third kappa shape index (κ3) is 2.72. The fourth-order valence-electron chi connectivity index (χ4n) is 2.31. The molecule has 3 rings (SSSR count). The molecule has 1 aliphatic carbocycles. The molecule has 0 amide bonds. The first-order valence-corrected chi connectivity index (χ1v) is 7.01. The topological polar surface area (TPSA) is 39.2 Å². The van der Waals surface area contributed by atoms with Crippen molar-refractivity contribution in [1.82, 2.24) is 4.98 Å². The van der Waals surface area contributed by atoms with Crippen LogP contribution in [0.5, 0.6) is 0 Å². The van der Waals surface area contributed by atoms with Gasteiger partial charge in [0.1, 0.15) is 0 Å². The van der Waals surface area contributed by atoms with Gasteiger partial charge in [0.2, 0.25) is 0 Å². The second kappa shape index (κ2) is 5.87. The zero-order valence-electron chi connectivity index (χ0n) is 11.2. The number of ether oxygens (including phenoxy) is 1. The number of benzene rings is 1. The van der Waals surface area contributed by atoms with Gasteiger partial charge in [-0.2, -0.15) is 0 Å². The second-order valence-electron chi connectivity index (χ2n) is 5.11. The van der Waals surface area contributed by atoms with E-state index in [1.807, 2.05) is 48.5 Å². The van der Waals surface area contributed by atoms with Crippen LogP contribution in [0.25, 0.3) is 0 Å². The Morgan fingerprint density at radius 1 is 1.10 bits per heavy atom. The Morgan fingerprint density at radius 2 is 1.85 bits per heavy atom. The zero-order valence-corrected chi connectivity index (χ0v) is 11.2. The number of hydrogen-bond acceptors (Lipinski definition) is 3. The van der Waals surface area contributed by atoms with Gasteiger partial charge in [-0.3, -0.25) is 9.78 Å². The Morgan fingerprint density at radius 3 is 2.45 bits per heavy atom. The lowest BCUT2D eigenvalue weighted by Gasteiger charge is -2.26. The summed E-state index contributed by atoms with van der Waals surface area (Å²) in [6.07, 6.45) is 4.33. The molecule has 1 saturated carbocycles. The summed E-state index contributed by atoms with van der Waals surface area (Å²) in [7, 11) is 0. The van der Waals surface area contributed by atoms with E-state index in [9.17, 15) is 4.79 Å². The van der Waals surface area contributed by atoms with E-state index < -0.39 is 6.10 Å². The summed E-state index contributed by atoms with van der Waals surface area (Å²) in [6.45, 7) is 0. The normalized spacial score (nSPS) is 16.2. The summed E-state index contributed by atoms with van der Waals surface area (Å²) in [5, 5.41) is 0. The summed E-state index contributed by atoms with van der Waals surface area (Å²) in [5.74, 6) is -0.0271. The molecular formula is C17H17NO2. The average Bonchev–Trinajstić information content (AvgIpc) is 2.45. The molecule has 3 nitrogen and oxygen atoms in total. The number of rotatable bonds is 4. The molecule has 1 unspecified atom stereocenters. The third-order valence-corrected chi connectivity index (χ3v) is 3.73. The lowest BCUT2D eigenvalue weighted by Crippen LogP contribution is -2.26. The highest BCUT2D eigenvalue weighted by molar-refractivity contribution is 5.73. The van der Waals surface area contributed by atoms with Crippen molar-refractivity contribution in [2.45, 2.75) is 25.4 Å². The number of carbonyl (C=O) groups is 1. The van der Waals surface area contributed by atoms with Crippen LogP contribution in [0.1, 0.15) is 36.6 Å². The highest BCUT2D eigenvalue weighted by Gasteiger charge is 2.30. The van der Waals surface area contributed by atoms with Gasteiger partial charge in [0.25, 0.3) is 0 Å². The first-order chi connectivity index (χ1) is 9.84. The van der Waals surface area contributed by atoms with Crippen molar-refractivity contribution in [1.29, 1.82) is 0 Å². The molecule has 1 aromatic carbocycles. The zero-order chi connectivity index (χ0) is 13.8. The number of aromatic nitrogens is 1. The Balaban J connectivity index is 1.85. The van der Waals surface area contributed by atoms with Crippen molar-refractivity contribution in [3.63, 3.8) is 0 Å². The van der Waals surface area contributed by atoms with E-state index in [-0.39, 0.29) is 11.9 Å². The van der Waals surface area contributed by atoms with E-state index in [0.717, 1.165) is 30.5 Å². The molecule has 20 heavy (non-hydrogen) atoms. The molecule has 102 valence electrons. The molecule has 0 spiro atoms. The van der Waals surface area contributed by atoms with Crippen molar-refractivity contribution >= 4 is 5.97 Å². The van der Waals surface area contributed by atoms with Gasteiger partial charge in [-0.05, 0) is 30.5 Å². The van der Waals surface area contributed by atoms with Crippen LogP contribution < -0.4 is 0 Å². The van der Waals surface area contributed by atoms with Gasteiger partial charge in [-0.15, -0.1) is 0 Å². The van der Waals surface area contributed by atoms with E-state index in [2.05, 4.69) is 4.98 Å². The number of hydrogen-bond donors (Lipinski definition) is 0. The van der Waals surface area contributed by atoms with E-state index in [1.165, 1.54) is 0 Å². The molecular weight excluding hydrogens is 250 g/mol. The van der Waals surface area contributed by atoms with Crippen molar-refractivity contribution in [3.05, 3.63) is 66.0 Å². The third-order valence-electron chi connectivity index (χ3n) is 3.73. The smallest absolute Gasteiger partial charge is 0.309 e. The van der Waals surface area contributed by atoms with Crippen LogP contribution in [0, 0.1) is 5.92 Å². The molecule has 1 heterocycles. The largest absolute Gasteiger partial charge is 0.451 e. The molecule has 1 atom stereocenters. The highest BCUT2D eigenvalue weighted by Crippen LogP contribution is 2.31. The number of nitrogens with zero attached hydrogens (tertiary/aromatic N) is 1. The minimum Gasteiger partial charge on any atom is -0.451 e. The Hall–Kier alpha value is -2.16. The van der Waals surface area contributed by atoms with Crippen LogP contribution in [-0.2, 0) is 9.53 Å². The van der Waals surface area contributed by atoms with Gasteiger partial charge in [0.05, 0.1) is 11.6 Å². The van der Waals surface area contributed by atoms with Gasteiger partial charge < -0.3 is 4.74 Å². The number of pyridine rings is 1. The van der Waals surface area contributed by atoms with Crippen LogP contribution in [0.15, 0.2) is 54.7 Å². The molecule has 1 aromatic heterocycles. The maximum atomic E-state index is 12.1. The fourth-order valence-corrected chi connectivity index (χ4v) is 2.31. The molecule has 0 radical (unpaired) electrons. The highest BCUT2D eigenvalue weighted by atomic mass is 16.5. The van der Waals surface area contributed by atoms with Crippen LogP contribution in [-0.4, -0.2) is 11.0 Å². The van der Waals surface area contributed by atoms with Crippen molar-refractivity contribution in [2.24, 2.45) is 5.92 Å². The van der Waals surface area contributed by atoms with Crippen LogP contribution in [0.3, 0.4) is 0 Å². The Bertz CT molecular complexity index is 525. The van der Waals surface area contributed by atoms with Crippen LogP contribution >= 0.6 is 0 Å². The van der Waals surface area contributed by atoms with E-state index in [4.69, 9.17) is 4.74 Å². The summed E-state index contributed by atoms with van der Waals surface area (Å²) in [5.41, 5.74) is 1.73. The van der Waals surface area contributed by atoms with Crippen molar-refractivity contribution in [2.75, 3.05) is 0 Å². The monoisotopic (exact) mass is 267 g/mol. The molecule has 3 heteroatoms. The predicted octanol–water partition coefficient (Wildman–Crippen LogP) is 3.51. The van der Waals surface area contributed by atoms with Gasteiger partial charge in [0.15, 0.2) is 6.10 Å². The molecule has 1 fully saturated rings. The molecule has 0 bridgehead atoms. The lowest BCUT2D eigenvalue weighted by molar-refractivity contribution is -0.155. The van der Waals surface area contributed by atoms with Gasteiger partial charge in [0, 0.05) is 6.20 Å². The van der Waals surface area contributed by atoms with E-state index in [1.54, 1.807) is 6.20 Å². The van der Waals surface area contributed by atoms with Gasteiger partial charge in [-0.1, -0.05) is 42.8 Å². The van der Waals surface area contributed by atoms with Gasteiger partial charge in [-0.25, -0.2) is 0 Å². The number of esters is 1. The van der Waals surface area contributed by atoms with Gasteiger partial charge >= 0.3 is 5.97 Å². The van der Waals surface area contributed by atoms with E-state index in [0.29, 0.717) is 0 Å². The molecule has 0 saturated heterocycles. The standard InChI is InChI=1S/C17H17NO2/c19-17(14-9-6-10-14)20-16(13-7-2-1-3-8-13)15-11-4-5-12-18-15/h1-5,7-8,11-12,14,16H,6,9-10H2. The summed E-state index contributed by atoms with van der Waals surface area (Å²) >= 11 is 0. The van der Waals surface area contributed by atoms with E-state index >= 15 is 0 Å². The Kier molecular flexibility index (Phi) is 3.77. The lowest BCUT2D eigenvalue weighted by atomic mass is 9.85. The minimum absolute atomic E-state index is 0.0740. The molecule has 1 aliphatic rings. The SMILES string of the molecule is O=C(OC(c1ccccc1)c1ccccn1)C1CCC1. The maximum Gasteiger partial charge on any atom is 0.309 e. The van der Waals surface area contributed by atoms with Crippen LogP contribution in [0.2, 0.25) is 0 Å². The first kappa shape index (κ1) is 12.9. The minimum atomic E-state index is -0.412. The predicted molar refractivity (Wildman–Crippen MR) is 76.0 cm³/mol. The summed E-state index contributed by atoms with van der Waals surface area (Å²) in [6, 6.07) is 15.4. The second-order valence-corrected chi connectivity index (χ2v) is 5.11. The molecule has 0 N–H and O–H groups in total. The summed E-state index contributed by atoms with van der Waals surface area (Å²) < 4.78 is 5.73. The Labute approximate surface area is 118 Å². The van der Waals surface area contributed by atoms with Crippen LogP contribution in [0.4, 0.5) is 0 Å². The maximum absolute atomic E-state index is 12.1. The molecule has 0 aliphatic heterocycles. The number of carbonyl (C=O) groups excluding carboxylic acids is 1. The van der Waals surface area contributed by atoms with Crippen molar-refractivity contribution in [3.8, 4) is 0 Å². The summed E-state index contributed by atoms with van der Waals surface area (Å²) in [4.78, 5) is 16.5. The molecule has 2 aromatic rings.